The smallest absolute Gasteiger partial charge is 0.246 e. The van der Waals surface area contributed by atoms with E-state index in [0.29, 0.717) is 0 Å². The van der Waals surface area contributed by atoms with Crippen LogP contribution in [-0.2, 0) is 0 Å². The van der Waals surface area contributed by atoms with E-state index in [0.717, 1.165) is 11.5 Å². The minimum atomic E-state index is -0.504. The van der Waals surface area contributed by atoms with Crippen molar-refractivity contribution < 1.29 is 9.47 Å². The van der Waals surface area contributed by atoms with Crippen molar-refractivity contribution in [2.45, 2.75) is 26.6 Å². The van der Waals surface area contributed by atoms with Gasteiger partial charge in [0.05, 0.1) is 0 Å². The largest absolute Gasteiger partial charge is 0.449 e. The van der Waals surface area contributed by atoms with Crippen LogP contribution in [0.1, 0.15) is 19.4 Å². The number of thiol groups is 1. The van der Waals surface area contributed by atoms with Gasteiger partial charge in [-0.15, -0.1) is 9.80 Å². The van der Waals surface area contributed by atoms with E-state index < -0.39 is 5.79 Å². The molecule has 0 bridgehead atoms. The van der Waals surface area contributed by atoms with Crippen molar-refractivity contribution in [1.29, 1.82) is 0 Å². The van der Waals surface area contributed by atoms with Crippen molar-refractivity contribution in [2.24, 2.45) is 0 Å². The third-order valence-corrected chi connectivity index (χ3v) is 1.81. The monoisotopic (exact) mass is 324 g/mol. The molecule has 1 aliphatic rings. The summed E-state index contributed by atoms with van der Waals surface area (Å²) in [5.41, 5.74) is 1.19. The fourth-order valence-electron chi connectivity index (χ4n) is 1.33. The highest BCUT2D eigenvalue weighted by molar-refractivity contribution is 14.2. The zero-order chi connectivity index (χ0) is 10.8. The highest BCUT2D eigenvalue weighted by Crippen LogP contribution is 2.39. The summed E-state index contributed by atoms with van der Waals surface area (Å²) in [6.45, 7) is 5.85. The number of hydrogen-bond acceptors (Lipinski definition) is 3. The Bertz CT molecular complexity index is 326. The van der Waals surface area contributed by atoms with Crippen molar-refractivity contribution in [3.8, 4) is 11.5 Å². The van der Waals surface area contributed by atoms with Gasteiger partial charge in [0.25, 0.3) is 0 Å². The summed E-state index contributed by atoms with van der Waals surface area (Å²) in [6, 6.07) is 5.95. The van der Waals surface area contributed by atoms with Gasteiger partial charge in [-0.1, -0.05) is 6.07 Å². The van der Waals surface area contributed by atoms with Gasteiger partial charge in [-0.05, 0) is 45.8 Å². The van der Waals surface area contributed by atoms with Crippen LogP contribution in [0.4, 0.5) is 0 Å². The molecule has 1 aromatic carbocycles. The number of benzene rings is 1. The molecule has 2 nitrogen and oxygen atoms in total. The zero-order valence-corrected chi connectivity index (χ0v) is 11.4. The Kier molecular flexibility index (Phi) is 3.94. The minimum Gasteiger partial charge on any atom is -0.449 e. The first-order chi connectivity index (χ1) is 6.57. The van der Waals surface area contributed by atoms with Crippen LogP contribution in [0.3, 0.4) is 0 Å². The van der Waals surface area contributed by atoms with E-state index in [9.17, 15) is 0 Å². The lowest BCUT2D eigenvalue weighted by Gasteiger charge is -2.16. The number of hydrogen-bond donors (Lipinski definition) is 1. The Morgan fingerprint density at radius 1 is 1.14 bits per heavy atom. The minimum absolute atomic E-state index is 0.504. The fraction of sp³-hybridized carbons (Fsp3) is 0.400. The van der Waals surface area contributed by atoms with Gasteiger partial charge in [0.1, 0.15) is 0 Å². The third kappa shape index (κ3) is 2.70. The predicted molar refractivity (Wildman–Crippen MR) is 69.5 cm³/mol. The summed E-state index contributed by atoms with van der Waals surface area (Å²) in [7, 11) is 3.50. The average molecular weight is 324 g/mol. The Hall–Kier alpha value is -0.100. The summed E-state index contributed by atoms with van der Waals surface area (Å²) in [5.74, 6) is 1.18. The Morgan fingerprint density at radius 3 is 2.36 bits per heavy atom. The molecule has 0 amide bonds. The maximum absolute atomic E-state index is 5.55. The molecule has 4 heteroatoms. The van der Waals surface area contributed by atoms with Crippen LogP contribution < -0.4 is 9.47 Å². The summed E-state index contributed by atoms with van der Waals surface area (Å²) in [5, 5.41) is 0. The second-order valence-electron chi connectivity index (χ2n) is 3.55. The van der Waals surface area contributed by atoms with E-state index in [1.807, 2.05) is 60.2 Å². The van der Waals surface area contributed by atoms with Crippen LogP contribution in [0.2, 0.25) is 0 Å². The van der Waals surface area contributed by atoms with E-state index in [1.54, 1.807) is 0 Å². The van der Waals surface area contributed by atoms with Crippen LogP contribution >= 0.6 is 31.0 Å². The molecule has 0 aliphatic carbocycles. The van der Waals surface area contributed by atoms with Crippen LogP contribution in [-0.4, -0.2) is 5.79 Å². The van der Waals surface area contributed by atoms with Gasteiger partial charge in [0.15, 0.2) is 11.5 Å². The molecule has 0 radical (unpaired) electrons. The Labute approximate surface area is 102 Å². The van der Waals surface area contributed by atoms with Gasteiger partial charge < -0.3 is 9.47 Å². The average Bonchev–Trinajstić information content (AvgIpc) is 2.41. The molecule has 0 spiro atoms. The maximum Gasteiger partial charge on any atom is 0.246 e. The second-order valence-corrected chi connectivity index (χ2v) is 3.55. The quantitative estimate of drug-likeness (QED) is 0.578. The first-order valence-electron chi connectivity index (χ1n) is 4.22. The summed E-state index contributed by atoms with van der Waals surface area (Å²) < 4.78 is 11.1. The zero-order valence-electron chi connectivity index (χ0n) is 8.37. The number of rotatable bonds is 0. The molecule has 0 saturated carbocycles. The Balaban J connectivity index is 0.000000461. The van der Waals surface area contributed by atoms with E-state index in [2.05, 4.69) is 9.80 Å². The first kappa shape index (κ1) is 12.0. The van der Waals surface area contributed by atoms with E-state index in [-0.39, 0.29) is 0 Å². The van der Waals surface area contributed by atoms with Crippen molar-refractivity contribution in [3.05, 3.63) is 23.8 Å². The number of ether oxygens (including phenoxy) is 2. The predicted octanol–water partition coefficient (Wildman–Crippen LogP) is 3.77. The maximum atomic E-state index is 5.55. The van der Waals surface area contributed by atoms with E-state index >= 15 is 0 Å². The highest BCUT2D eigenvalue weighted by Gasteiger charge is 2.31. The number of aryl methyl sites for hydroxylation is 1. The molecule has 0 unspecified atom stereocenters. The second kappa shape index (κ2) is 4.61. The summed E-state index contributed by atoms with van der Waals surface area (Å²) in [6.07, 6.45) is 0. The van der Waals surface area contributed by atoms with Gasteiger partial charge in [0, 0.05) is 13.8 Å². The van der Waals surface area contributed by atoms with Crippen molar-refractivity contribution in [2.75, 3.05) is 0 Å². The molecular weight excluding hydrogens is 311 g/mol. The van der Waals surface area contributed by atoms with Gasteiger partial charge in [-0.2, -0.15) is 0 Å². The molecule has 1 aliphatic heterocycles. The molecule has 78 valence electrons. The molecule has 0 atom stereocenters. The SMILES string of the molecule is Cc1ccc2c(c1)OC(C)(C)O2.SI. The van der Waals surface area contributed by atoms with Crippen LogP contribution in [0.5, 0.6) is 11.5 Å². The molecule has 14 heavy (non-hydrogen) atoms. The van der Waals surface area contributed by atoms with Gasteiger partial charge in [0.2, 0.25) is 5.79 Å². The molecule has 2 rings (SSSR count). The molecule has 0 aromatic heterocycles. The molecule has 1 heterocycles. The van der Waals surface area contributed by atoms with Crippen LogP contribution in [0.15, 0.2) is 18.2 Å². The van der Waals surface area contributed by atoms with Crippen molar-refractivity contribution in [1.82, 2.24) is 0 Å². The third-order valence-electron chi connectivity index (χ3n) is 1.81. The summed E-state index contributed by atoms with van der Waals surface area (Å²) >= 11 is 1.84. The summed E-state index contributed by atoms with van der Waals surface area (Å²) in [4.78, 5) is 0. The lowest BCUT2D eigenvalue weighted by atomic mass is 10.2. The van der Waals surface area contributed by atoms with Gasteiger partial charge >= 0.3 is 0 Å². The first-order valence-corrected chi connectivity index (χ1v) is 7.46. The highest BCUT2D eigenvalue weighted by atomic mass is 127. The number of halogens is 1. The van der Waals surface area contributed by atoms with Crippen molar-refractivity contribution >= 4 is 31.0 Å². The topological polar surface area (TPSA) is 18.5 Å². The number of fused-ring (bicyclic) bond motifs is 1. The van der Waals surface area contributed by atoms with Gasteiger partial charge in [-0.3, -0.25) is 0 Å². The Morgan fingerprint density at radius 2 is 1.71 bits per heavy atom. The van der Waals surface area contributed by atoms with E-state index in [1.165, 1.54) is 5.56 Å². The molecule has 0 fully saturated rings. The van der Waals surface area contributed by atoms with Crippen LogP contribution in [0, 0.1) is 6.92 Å². The van der Waals surface area contributed by atoms with E-state index in [4.69, 9.17) is 9.47 Å². The fourth-order valence-corrected chi connectivity index (χ4v) is 1.33. The van der Waals surface area contributed by atoms with Gasteiger partial charge in [-0.25, -0.2) is 0 Å². The lowest BCUT2D eigenvalue weighted by Crippen LogP contribution is -2.29. The molecular formula is C10H13IO2S. The lowest BCUT2D eigenvalue weighted by molar-refractivity contribution is -0.0431. The van der Waals surface area contributed by atoms with Crippen LogP contribution in [0.25, 0.3) is 0 Å². The molecule has 0 saturated heterocycles. The molecule has 1 aromatic rings. The standard InChI is InChI=1S/C10H12O2.HIS/c1-7-4-5-8-9(6-7)12-10(2,3)11-8;1-2/h4-6H,1-3H3;2H. The normalized spacial score (nSPS) is 15.8. The van der Waals surface area contributed by atoms with Crippen molar-refractivity contribution in [3.63, 3.8) is 0 Å². The molecule has 0 N–H and O–H groups in total.